The van der Waals surface area contributed by atoms with Gasteiger partial charge in [-0.1, -0.05) is 55.8 Å². The quantitative estimate of drug-likeness (QED) is 0.561. The number of halogens is 1. The van der Waals surface area contributed by atoms with Crippen LogP contribution in [0.2, 0.25) is 5.02 Å². The molecular formula is C23H23ClN2O3S. The molecule has 0 aliphatic rings. The SMILES string of the molecule is CC(C)CN(c1cccc(Cl)c1)S(=O)(=O)c1ccc(-c2ccc(C(N)=O)cc2)cc1. The van der Waals surface area contributed by atoms with Crippen molar-refractivity contribution in [3.05, 3.63) is 83.4 Å². The summed E-state index contributed by atoms with van der Waals surface area (Å²) in [6, 6.07) is 20.4. The fraction of sp³-hybridized carbons (Fsp3) is 0.174. The van der Waals surface area contributed by atoms with E-state index in [1.54, 1.807) is 72.8 Å². The largest absolute Gasteiger partial charge is 0.366 e. The number of amides is 1. The van der Waals surface area contributed by atoms with Gasteiger partial charge in [-0.25, -0.2) is 8.42 Å². The molecule has 0 fully saturated rings. The third-order valence-corrected chi connectivity index (χ3v) is 6.62. The van der Waals surface area contributed by atoms with Crippen LogP contribution in [0.15, 0.2) is 77.7 Å². The topological polar surface area (TPSA) is 80.5 Å². The number of nitrogens with zero attached hydrogens (tertiary/aromatic N) is 1. The molecule has 0 unspecified atom stereocenters. The van der Waals surface area contributed by atoms with Crippen molar-refractivity contribution in [1.82, 2.24) is 0 Å². The number of anilines is 1. The van der Waals surface area contributed by atoms with Crippen molar-refractivity contribution in [2.75, 3.05) is 10.8 Å². The van der Waals surface area contributed by atoms with Crippen molar-refractivity contribution in [3.63, 3.8) is 0 Å². The average molecular weight is 443 g/mol. The molecule has 3 rings (SSSR count). The Hall–Kier alpha value is -2.83. The molecule has 0 saturated heterocycles. The maximum absolute atomic E-state index is 13.4. The number of primary amides is 1. The molecule has 30 heavy (non-hydrogen) atoms. The zero-order valence-corrected chi connectivity index (χ0v) is 18.3. The number of hydrogen-bond acceptors (Lipinski definition) is 3. The Labute approximate surface area is 182 Å². The minimum Gasteiger partial charge on any atom is -0.366 e. The predicted molar refractivity (Wildman–Crippen MR) is 121 cm³/mol. The van der Waals surface area contributed by atoms with Gasteiger partial charge in [-0.3, -0.25) is 9.10 Å². The second-order valence-electron chi connectivity index (χ2n) is 7.38. The summed E-state index contributed by atoms with van der Waals surface area (Å²) >= 11 is 6.09. The van der Waals surface area contributed by atoms with Gasteiger partial charge in [0.15, 0.2) is 0 Å². The highest BCUT2D eigenvalue weighted by Gasteiger charge is 2.26. The summed E-state index contributed by atoms with van der Waals surface area (Å²) < 4.78 is 28.1. The van der Waals surface area contributed by atoms with Gasteiger partial charge in [0.25, 0.3) is 10.0 Å². The standard InChI is InChI=1S/C23H23ClN2O3S/c1-16(2)15-26(21-5-3-4-20(24)14-21)30(28,29)22-12-10-18(11-13-22)17-6-8-19(9-7-17)23(25)27/h3-14,16H,15H2,1-2H3,(H2,25,27). The fourth-order valence-electron chi connectivity index (χ4n) is 3.08. The minimum absolute atomic E-state index is 0.127. The third-order valence-electron chi connectivity index (χ3n) is 4.57. The number of carbonyl (C=O) groups is 1. The lowest BCUT2D eigenvalue weighted by Crippen LogP contribution is -2.34. The van der Waals surface area contributed by atoms with Gasteiger partial charge in [-0.2, -0.15) is 0 Å². The summed E-state index contributed by atoms with van der Waals surface area (Å²) in [6.07, 6.45) is 0. The second kappa shape index (κ2) is 8.90. The molecule has 0 aromatic heterocycles. The van der Waals surface area contributed by atoms with Crippen molar-refractivity contribution in [1.29, 1.82) is 0 Å². The van der Waals surface area contributed by atoms with E-state index in [2.05, 4.69) is 0 Å². The Morgan fingerprint density at radius 3 is 2.03 bits per heavy atom. The van der Waals surface area contributed by atoms with E-state index in [4.69, 9.17) is 17.3 Å². The van der Waals surface area contributed by atoms with Crippen LogP contribution < -0.4 is 10.0 Å². The second-order valence-corrected chi connectivity index (χ2v) is 9.67. The lowest BCUT2D eigenvalue weighted by Gasteiger charge is -2.26. The summed E-state index contributed by atoms with van der Waals surface area (Å²) in [5, 5.41) is 0.478. The molecular weight excluding hydrogens is 420 g/mol. The van der Waals surface area contributed by atoms with Gasteiger partial charge in [0.05, 0.1) is 10.6 Å². The van der Waals surface area contributed by atoms with Gasteiger partial charge in [0.1, 0.15) is 0 Å². The maximum Gasteiger partial charge on any atom is 0.264 e. The summed E-state index contributed by atoms with van der Waals surface area (Å²) in [5.41, 5.74) is 7.92. The normalized spacial score (nSPS) is 11.5. The van der Waals surface area contributed by atoms with E-state index in [9.17, 15) is 13.2 Å². The molecule has 7 heteroatoms. The van der Waals surface area contributed by atoms with Gasteiger partial charge >= 0.3 is 0 Å². The van der Waals surface area contributed by atoms with Crippen LogP contribution in [-0.4, -0.2) is 20.9 Å². The summed E-state index contributed by atoms with van der Waals surface area (Å²) in [7, 11) is -3.77. The van der Waals surface area contributed by atoms with Crippen LogP contribution in [0, 0.1) is 5.92 Å². The monoisotopic (exact) mass is 442 g/mol. The summed E-state index contributed by atoms with van der Waals surface area (Å²) in [5.74, 6) is -0.365. The number of benzene rings is 3. The van der Waals surface area contributed by atoms with Gasteiger partial charge in [-0.05, 0) is 59.5 Å². The minimum atomic E-state index is -3.77. The first kappa shape index (κ1) is 21.9. The molecule has 0 saturated carbocycles. The van der Waals surface area contributed by atoms with E-state index in [0.29, 0.717) is 22.8 Å². The molecule has 0 atom stereocenters. The van der Waals surface area contributed by atoms with Gasteiger partial charge in [0, 0.05) is 17.1 Å². The first-order chi connectivity index (χ1) is 14.2. The highest BCUT2D eigenvalue weighted by molar-refractivity contribution is 7.92. The van der Waals surface area contributed by atoms with Crippen molar-refractivity contribution in [2.24, 2.45) is 11.7 Å². The van der Waals surface area contributed by atoms with Crippen LogP contribution in [0.4, 0.5) is 5.69 Å². The summed E-state index contributed by atoms with van der Waals surface area (Å²) in [4.78, 5) is 11.4. The first-order valence-corrected chi connectivity index (χ1v) is 11.3. The zero-order chi connectivity index (χ0) is 21.9. The average Bonchev–Trinajstić information content (AvgIpc) is 2.72. The molecule has 3 aromatic carbocycles. The lowest BCUT2D eigenvalue weighted by molar-refractivity contribution is 0.100. The Morgan fingerprint density at radius 1 is 0.967 bits per heavy atom. The number of nitrogens with two attached hydrogens (primary N) is 1. The van der Waals surface area contributed by atoms with E-state index in [1.165, 1.54) is 4.31 Å². The molecule has 2 N–H and O–H groups in total. The molecule has 156 valence electrons. The van der Waals surface area contributed by atoms with E-state index in [0.717, 1.165) is 11.1 Å². The van der Waals surface area contributed by atoms with Crippen molar-refractivity contribution >= 4 is 33.2 Å². The van der Waals surface area contributed by atoms with Crippen molar-refractivity contribution in [3.8, 4) is 11.1 Å². The zero-order valence-electron chi connectivity index (χ0n) is 16.7. The lowest BCUT2D eigenvalue weighted by atomic mass is 10.0. The molecule has 1 amide bonds. The molecule has 0 aliphatic carbocycles. The maximum atomic E-state index is 13.4. The Kier molecular flexibility index (Phi) is 6.48. The fourth-order valence-corrected chi connectivity index (χ4v) is 4.88. The van der Waals surface area contributed by atoms with Crippen LogP contribution in [0.5, 0.6) is 0 Å². The molecule has 3 aromatic rings. The molecule has 5 nitrogen and oxygen atoms in total. The van der Waals surface area contributed by atoms with Crippen molar-refractivity contribution in [2.45, 2.75) is 18.7 Å². The van der Waals surface area contributed by atoms with E-state index < -0.39 is 15.9 Å². The molecule has 0 spiro atoms. The molecule has 0 radical (unpaired) electrons. The smallest absolute Gasteiger partial charge is 0.264 e. The van der Waals surface area contributed by atoms with Gasteiger partial charge in [0.2, 0.25) is 5.91 Å². The molecule has 0 bridgehead atoms. The number of rotatable bonds is 7. The number of hydrogen-bond donors (Lipinski definition) is 1. The number of carbonyl (C=O) groups excluding carboxylic acids is 1. The van der Waals surface area contributed by atoms with Crippen LogP contribution in [0.25, 0.3) is 11.1 Å². The van der Waals surface area contributed by atoms with Crippen LogP contribution >= 0.6 is 11.6 Å². The van der Waals surface area contributed by atoms with Gasteiger partial charge in [-0.15, -0.1) is 0 Å². The van der Waals surface area contributed by atoms with Crippen LogP contribution in [0.1, 0.15) is 24.2 Å². The highest BCUT2D eigenvalue weighted by Crippen LogP contribution is 2.29. The van der Waals surface area contributed by atoms with E-state index in [1.807, 2.05) is 13.8 Å². The number of sulfonamides is 1. The van der Waals surface area contributed by atoms with Crippen LogP contribution in [0.3, 0.4) is 0 Å². The Balaban J connectivity index is 1.95. The third kappa shape index (κ3) is 4.83. The Bertz CT molecular complexity index is 1140. The highest BCUT2D eigenvalue weighted by atomic mass is 35.5. The first-order valence-electron chi connectivity index (χ1n) is 9.47. The molecule has 0 heterocycles. The predicted octanol–water partition coefficient (Wildman–Crippen LogP) is 4.96. The van der Waals surface area contributed by atoms with Gasteiger partial charge < -0.3 is 5.73 Å². The van der Waals surface area contributed by atoms with Crippen molar-refractivity contribution < 1.29 is 13.2 Å². The van der Waals surface area contributed by atoms with Crippen LogP contribution in [-0.2, 0) is 10.0 Å². The van der Waals surface area contributed by atoms with E-state index in [-0.39, 0.29) is 10.8 Å². The van der Waals surface area contributed by atoms with E-state index >= 15 is 0 Å². The Morgan fingerprint density at radius 2 is 1.53 bits per heavy atom. The summed E-state index contributed by atoms with van der Waals surface area (Å²) in [6.45, 7) is 4.26. The molecule has 0 aliphatic heterocycles.